The summed E-state index contributed by atoms with van der Waals surface area (Å²) in [6.07, 6.45) is 0. The largest absolute Gasteiger partial charge is 0.332 e. The molecule has 0 bridgehead atoms. The highest BCUT2D eigenvalue weighted by Crippen LogP contribution is 2.40. The van der Waals surface area contributed by atoms with E-state index in [1.807, 2.05) is 91.0 Å². The van der Waals surface area contributed by atoms with Gasteiger partial charge in [-0.15, -0.1) is 0 Å². The molecule has 0 radical (unpaired) electrons. The Morgan fingerprint density at radius 1 is 0.750 bits per heavy atom. The highest BCUT2D eigenvalue weighted by atomic mass is 32.1. The van der Waals surface area contributed by atoms with Crippen LogP contribution in [-0.4, -0.2) is 15.9 Å². The van der Waals surface area contributed by atoms with E-state index in [2.05, 4.69) is 41.8 Å². The van der Waals surface area contributed by atoms with Crippen molar-refractivity contribution >= 4 is 45.2 Å². The summed E-state index contributed by atoms with van der Waals surface area (Å²) < 4.78 is 0. The number of nitrogens with zero attached hydrogens (tertiary/aromatic N) is 2. The lowest BCUT2D eigenvalue weighted by atomic mass is 10.1. The topological polar surface area (TPSA) is 49.3 Å². The monoisotopic (exact) mass is 504 g/mol. The zero-order valence-electron chi connectivity index (χ0n) is 19.7. The third-order valence-electron chi connectivity index (χ3n) is 5.48. The zero-order valence-corrected chi connectivity index (χ0v) is 21.3. The van der Waals surface area contributed by atoms with Crippen molar-refractivity contribution in [2.45, 2.75) is 6.92 Å². The number of thiocarbonyl (C=S) groups is 1. The number of amidine groups is 1. The predicted octanol–water partition coefficient (Wildman–Crippen LogP) is 7.85. The average molecular weight is 505 g/mol. The van der Waals surface area contributed by atoms with Gasteiger partial charge < -0.3 is 10.6 Å². The molecule has 5 aromatic rings. The van der Waals surface area contributed by atoms with E-state index in [1.54, 1.807) is 11.3 Å². The fourth-order valence-electron chi connectivity index (χ4n) is 3.65. The minimum atomic E-state index is 0.468. The van der Waals surface area contributed by atoms with Gasteiger partial charge in [0.15, 0.2) is 5.11 Å². The maximum Gasteiger partial charge on any atom is 0.176 e. The fraction of sp³-hybridized carbons (Fsp3) is 0.0333. The van der Waals surface area contributed by atoms with Crippen molar-refractivity contribution in [3.63, 3.8) is 0 Å². The summed E-state index contributed by atoms with van der Waals surface area (Å²) in [5.41, 5.74) is 5.96. The normalized spacial score (nSPS) is 11.2. The summed E-state index contributed by atoms with van der Waals surface area (Å²) in [6, 6.07) is 38.4. The van der Waals surface area contributed by atoms with Crippen LogP contribution >= 0.6 is 23.6 Å². The van der Waals surface area contributed by atoms with Crippen LogP contribution in [0.1, 0.15) is 11.1 Å². The van der Waals surface area contributed by atoms with E-state index in [9.17, 15) is 0 Å². The van der Waals surface area contributed by atoms with E-state index >= 15 is 0 Å². The lowest BCUT2D eigenvalue weighted by Gasteiger charge is -2.13. The van der Waals surface area contributed by atoms with Gasteiger partial charge in [0, 0.05) is 22.4 Å². The van der Waals surface area contributed by atoms with E-state index < -0.39 is 0 Å². The van der Waals surface area contributed by atoms with E-state index in [-0.39, 0.29) is 0 Å². The van der Waals surface area contributed by atoms with E-state index in [4.69, 9.17) is 22.2 Å². The number of aryl methyl sites for hydroxylation is 1. The first-order valence-electron chi connectivity index (χ1n) is 11.6. The Kier molecular flexibility index (Phi) is 7.26. The molecule has 0 aliphatic rings. The van der Waals surface area contributed by atoms with Crippen LogP contribution in [0.15, 0.2) is 120 Å². The van der Waals surface area contributed by atoms with E-state index in [1.165, 1.54) is 5.56 Å². The first-order chi connectivity index (χ1) is 17.7. The van der Waals surface area contributed by atoms with Crippen molar-refractivity contribution in [1.29, 1.82) is 0 Å². The zero-order chi connectivity index (χ0) is 24.7. The number of thiazole rings is 1. The second kappa shape index (κ2) is 11.1. The van der Waals surface area contributed by atoms with Gasteiger partial charge in [0.1, 0.15) is 21.5 Å². The molecular weight excluding hydrogens is 480 g/mol. The molecule has 36 heavy (non-hydrogen) atoms. The molecule has 0 atom stereocenters. The first-order valence-corrected chi connectivity index (χ1v) is 12.8. The Hall–Kier alpha value is -4.13. The highest BCUT2D eigenvalue weighted by Gasteiger charge is 2.16. The summed E-state index contributed by atoms with van der Waals surface area (Å²) in [5.74, 6) is 0.653. The third kappa shape index (κ3) is 5.74. The second-order valence-electron chi connectivity index (χ2n) is 8.18. The van der Waals surface area contributed by atoms with Crippen molar-refractivity contribution in [2.75, 3.05) is 5.32 Å². The summed E-state index contributed by atoms with van der Waals surface area (Å²) in [6.45, 7) is 2.06. The Morgan fingerprint density at radius 2 is 1.33 bits per heavy atom. The van der Waals surface area contributed by atoms with Gasteiger partial charge in [0.05, 0.1) is 0 Å². The minimum absolute atomic E-state index is 0.468. The van der Waals surface area contributed by atoms with Crippen LogP contribution in [0.3, 0.4) is 0 Å². The van der Waals surface area contributed by atoms with Gasteiger partial charge in [-0.05, 0) is 31.3 Å². The maximum atomic E-state index is 5.65. The third-order valence-corrected chi connectivity index (χ3v) is 6.68. The van der Waals surface area contributed by atoms with Crippen molar-refractivity contribution < 1.29 is 0 Å². The van der Waals surface area contributed by atoms with Gasteiger partial charge in [0.25, 0.3) is 0 Å². The second-order valence-corrected chi connectivity index (χ2v) is 9.56. The quantitative estimate of drug-likeness (QED) is 0.145. The molecule has 0 aliphatic carbocycles. The molecule has 176 valence electrons. The Bertz CT molecular complexity index is 1480. The molecule has 0 saturated carbocycles. The van der Waals surface area contributed by atoms with E-state index in [0.29, 0.717) is 10.9 Å². The standard InChI is InChI=1S/C30H24N4S2/c1-21-17-19-25(20-18-21)31-30(35)34-27(23-13-7-3-8-14-23)33-29-26(22-11-5-2-6-12-22)32-28(36-29)24-15-9-4-10-16-24/h2-20H,1H3,(H2,31,33,34,35). The molecule has 0 aliphatic heterocycles. The van der Waals surface area contributed by atoms with Gasteiger partial charge in [0.2, 0.25) is 0 Å². The Morgan fingerprint density at radius 3 is 1.97 bits per heavy atom. The molecule has 0 saturated heterocycles. The minimum Gasteiger partial charge on any atom is -0.332 e. The first kappa shape index (κ1) is 23.6. The Balaban J connectivity index is 1.55. The lowest BCUT2D eigenvalue weighted by Crippen LogP contribution is -2.34. The van der Waals surface area contributed by atoms with Gasteiger partial charge in [-0.25, -0.2) is 9.98 Å². The number of benzene rings is 4. The number of anilines is 1. The molecule has 5 rings (SSSR count). The number of aromatic nitrogens is 1. The summed E-state index contributed by atoms with van der Waals surface area (Å²) in [4.78, 5) is 10.1. The van der Waals surface area contributed by atoms with Crippen LogP contribution in [-0.2, 0) is 0 Å². The molecule has 4 nitrogen and oxygen atoms in total. The van der Waals surface area contributed by atoms with Crippen molar-refractivity contribution in [2.24, 2.45) is 4.99 Å². The van der Waals surface area contributed by atoms with Crippen LogP contribution in [0, 0.1) is 6.92 Å². The van der Waals surface area contributed by atoms with Gasteiger partial charge in [-0.3, -0.25) is 0 Å². The summed E-state index contributed by atoms with van der Waals surface area (Å²) in [5, 5.41) is 8.78. The van der Waals surface area contributed by atoms with Crippen LogP contribution in [0.2, 0.25) is 0 Å². The van der Waals surface area contributed by atoms with Gasteiger partial charge in [-0.2, -0.15) is 0 Å². The van der Waals surface area contributed by atoms with Crippen molar-refractivity contribution in [1.82, 2.24) is 10.3 Å². The fourth-order valence-corrected chi connectivity index (χ4v) is 4.83. The number of hydrogen-bond acceptors (Lipinski definition) is 4. The van der Waals surface area contributed by atoms with Crippen LogP contribution in [0.25, 0.3) is 21.8 Å². The van der Waals surface area contributed by atoms with Crippen LogP contribution in [0.5, 0.6) is 0 Å². The molecule has 0 amide bonds. The smallest absolute Gasteiger partial charge is 0.176 e. The van der Waals surface area contributed by atoms with E-state index in [0.717, 1.165) is 38.1 Å². The SMILES string of the molecule is Cc1ccc(NC(=S)NC(=Nc2sc(-c3ccccc3)nc2-c2ccccc2)c2ccccc2)cc1. The summed E-state index contributed by atoms with van der Waals surface area (Å²) in [7, 11) is 0. The Labute approximate surface area is 220 Å². The predicted molar refractivity (Wildman–Crippen MR) is 156 cm³/mol. The number of hydrogen-bond donors (Lipinski definition) is 2. The number of nitrogens with one attached hydrogen (secondary N) is 2. The highest BCUT2D eigenvalue weighted by molar-refractivity contribution is 7.80. The molecule has 0 unspecified atom stereocenters. The molecule has 0 fully saturated rings. The number of rotatable bonds is 5. The van der Waals surface area contributed by atoms with Crippen molar-refractivity contribution in [3.8, 4) is 21.8 Å². The van der Waals surface area contributed by atoms with Crippen LogP contribution < -0.4 is 10.6 Å². The molecule has 0 spiro atoms. The maximum absolute atomic E-state index is 5.65. The molecule has 6 heteroatoms. The van der Waals surface area contributed by atoms with Gasteiger partial charge >= 0.3 is 0 Å². The molecule has 2 N–H and O–H groups in total. The molecular formula is C30H24N4S2. The average Bonchev–Trinajstić information content (AvgIpc) is 3.35. The number of aliphatic imine (C=N–C) groups is 1. The van der Waals surface area contributed by atoms with Crippen LogP contribution in [0.4, 0.5) is 10.7 Å². The van der Waals surface area contributed by atoms with Crippen molar-refractivity contribution in [3.05, 3.63) is 126 Å². The van der Waals surface area contributed by atoms with Gasteiger partial charge in [-0.1, -0.05) is 120 Å². The molecule has 4 aromatic carbocycles. The summed E-state index contributed by atoms with van der Waals surface area (Å²) >= 11 is 7.21. The lowest BCUT2D eigenvalue weighted by molar-refractivity contribution is 1.32. The molecule has 1 heterocycles. The molecule has 1 aromatic heterocycles.